The first-order chi connectivity index (χ1) is 13.9. The van der Waals surface area contributed by atoms with Crippen molar-refractivity contribution in [3.63, 3.8) is 0 Å². The number of hydrogen-bond donors (Lipinski definition) is 1. The van der Waals surface area contributed by atoms with Gasteiger partial charge in [0.25, 0.3) is 0 Å². The topological polar surface area (TPSA) is 66.4 Å². The van der Waals surface area contributed by atoms with Crippen molar-refractivity contribution < 1.29 is 27.2 Å². The van der Waals surface area contributed by atoms with Crippen LogP contribution in [0, 0.1) is 0 Å². The molecule has 11 heteroatoms. The van der Waals surface area contributed by atoms with Crippen LogP contribution in [-0.2, 0) is 22.1 Å². The van der Waals surface area contributed by atoms with Gasteiger partial charge in [-0.15, -0.1) is 0 Å². The fraction of sp³-hybridized carbons (Fsp3) is 1.00. The molecule has 0 aliphatic heterocycles. The Morgan fingerprint density at radius 1 is 0.469 bits per heavy atom. The quantitative estimate of drug-likeness (QED) is 0.267. The van der Waals surface area contributed by atoms with Crippen LogP contribution in [0.25, 0.3) is 0 Å². The van der Waals surface area contributed by atoms with Crippen LogP contribution in [0.15, 0.2) is 0 Å². The molecule has 0 radical (unpaired) electrons. The van der Waals surface area contributed by atoms with Gasteiger partial charge in [-0.1, -0.05) is 0 Å². The lowest BCUT2D eigenvalue weighted by Gasteiger charge is -2.45. The molecule has 4 atom stereocenters. The van der Waals surface area contributed by atoms with Gasteiger partial charge in [0.1, 0.15) is 0 Å². The molecule has 0 heterocycles. The van der Waals surface area contributed by atoms with E-state index in [9.17, 15) is 5.11 Å². The molecule has 0 aliphatic carbocycles. The zero-order chi connectivity index (χ0) is 25.8. The van der Waals surface area contributed by atoms with Gasteiger partial charge in [0.2, 0.25) is 0 Å². The summed E-state index contributed by atoms with van der Waals surface area (Å²) < 4.78 is 33.1. The zero-order valence-electron chi connectivity index (χ0n) is 23.7. The summed E-state index contributed by atoms with van der Waals surface area (Å²) in [5.74, 6) is 0. The van der Waals surface area contributed by atoms with Crippen LogP contribution < -0.4 is 0 Å². The van der Waals surface area contributed by atoms with Gasteiger partial charge in [-0.25, -0.2) is 0 Å². The Labute approximate surface area is 204 Å². The van der Waals surface area contributed by atoms with Gasteiger partial charge in [0, 0.05) is 0 Å². The summed E-state index contributed by atoms with van der Waals surface area (Å²) in [7, 11) is -9.61. The minimum Gasteiger partial charge on any atom is -0.415 e. The summed E-state index contributed by atoms with van der Waals surface area (Å²) in [4.78, 5) is 0. The van der Waals surface area contributed by atoms with Crippen molar-refractivity contribution in [2.24, 2.45) is 0 Å². The minimum absolute atomic E-state index is 0.112. The molecule has 0 unspecified atom stereocenters. The van der Waals surface area contributed by atoms with Crippen LogP contribution in [0.1, 0.15) is 0 Å². The maximum Gasteiger partial charge on any atom is 0.184 e. The van der Waals surface area contributed by atoms with Crippen LogP contribution in [0.5, 0.6) is 0 Å². The molecule has 0 saturated carbocycles. The molecule has 0 saturated heterocycles. The molecule has 1 N–H and O–H groups in total. The zero-order valence-corrected chi connectivity index (χ0v) is 28.7. The lowest BCUT2D eigenvalue weighted by Crippen LogP contribution is -2.60. The van der Waals surface area contributed by atoms with Gasteiger partial charge in [-0.05, 0) is 98.2 Å². The largest absolute Gasteiger partial charge is 0.415 e. The third kappa shape index (κ3) is 16.5. The van der Waals surface area contributed by atoms with Crippen molar-refractivity contribution in [2.45, 2.75) is 123 Å². The van der Waals surface area contributed by atoms with Crippen molar-refractivity contribution in [1.82, 2.24) is 0 Å². The van der Waals surface area contributed by atoms with Crippen LogP contribution in [0.2, 0.25) is 98.2 Å². The molecule has 0 aromatic rings. The highest BCUT2D eigenvalue weighted by Gasteiger charge is 2.44. The molecule has 0 amide bonds. The molecule has 194 valence electrons. The second-order valence-electron chi connectivity index (χ2n) is 13.5. The predicted molar refractivity (Wildman–Crippen MR) is 149 cm³/mol. The monoisotopic (exact) mass is 542 g/mol. The molecule has 0 aromatic heterocycles. The molecule has 0 rings (SSSR count). The lowest BCUT2D eigenvalue weighted by atomic mass is 10.0. The van der Waals surface area contributed by atoms with Gasteiger partial charge in [0.15, 0.2) is 41.6 Å². The van der Waals surface area contributed by atoms with Gasteiger partial charge in [-0.2, -0.15) is 0 Å². The Morgan fingerprint density at radius 2 is 0.781 bits per heavy atom. The predicted octanol–water partition coefficient (Wildman–Crippen LogP) is 5.71. The van der Waals surface area contributed by atoms with Crippen molar-refractivity contribution >= 4 is 41.6 Å². The van der Waals surface area contributed by atoms with Crippen molar-refractivity contribution in [3.8, 4) is 0 Å². The van der Waals surface area contributed by atoms with Gasteiger partial charge < -0.3 is 27.2 Å². The summed E-state index contributed by atoms with van der Waals surface area (Å²) in [5.41, 5.74) is 0. The second kappa shape index (κ2) is 12.2. The molecule has 0 fully saturated rings. The Kier molecular flexibility index (Phi) is 12.5. The standard InChI is InChI=1S/C21H54O6Si5/c1-28(2,3)23-17-19(25-30(7,8)9)21(27-32(13,14)15)20(26-31(10,11)12)18(16-22)24-29(4,5)6/h18-22H,16-17H2,1-15H3/t18-,19+,20+,21+/m0/s1. The van der Waals surface area contributed by atoms with Gasteiger partial charge in [0.05, 0.1) is 37.6 Å². The van der Waals surface area contributed by atoms with Crippen LogP contribution in [0.4, 0.5) is 0 Å². The van der Waals surface area contributed by atoms with Gasteiger partial charge >= 0.3 is 0 Å². The molecular formula is C21H54O6Si5. The maximum atomic E-state index is 10.4. The first kappa shape index (κ1) is 32.8. The van der Waals surface area contributed by atoms with E-state index in [4.69, 9.17) is 22.1 Å². The summed E-state index contributed by atoms with van der Waals surface area (Å²) in [5, 5.41) is 10.4. The fourth-order valence-corrected chi connectivity index (χ4v) is 8.27. The molecule has 0 bridgehead atoms. The normalized spacial score (nSPS) is 18.4. The van der Waals surface area contributed by atoms with E-state index in [1.54, 1.807) is 0 Å². The van der Waals surface area contributed by atoms with E-state index in [-0.39, 0.29) is 18.8 Å². The number of rotatable bonds is 15. The molecular weight excluding hydrogens is 489 g/mol. The summed E-state index contributed by atoms with van der Waals surface area (Å²) in [6.07, 6.45) is -1.53. The SMILES string of the molecule is C[Si](C)(C)OC[C@@H](O[Si](C)(C)C)[C@@H](O[Si](C)(C)C)[C@H](O[Si](C)(C)C)[C@H](CO)O[Si](C)(C)C. The van der Waals surface area contributed by atoms with E-state index >= 15 is 0 Å². The third-order valence-corrected chi connectivity index (χ3v) is 8.92. The number of aliphatic hydroxyl groups is 1. The molecule has 0 spiro atoms. The van der Waals surface area contributed by atoms with Crippen LogP contribution in [-0.4, -0.2) is 84.3 Å². The highest BCUT2D eigenvalue weighted by Crippen LogP contribution is 2.28. The van der Waals surface area contributed by atoms with Crippen molar-refractivity contribution in [1.29, 1.82) is 0 Å². The van der Waals surface area contributed by atoms with Crippen LogP contribution >= 0.6 is 0 Å². The average molecular weight is 543 g/mol. The van der Waals surface area contributed by atoms with E-state index in [1.165, 1.54) is 0 Å². The summed E-state index contributed by atoms with van der Waals surface area (Å²) in [6.45, 7) is 33.0. The maximum absolute atomic E-state index is 10.4. The Hall–Kier alpha value is 0.844. The second-order valence-corrected chi connectivity index (χ2v) is 35.9. The number of hydrogen-bond acceptors (Lipinski definition) is 6. The Morgan fingerprint density at radius 3 is 1.06 bits per heavy atom. The number of aliphatic hydroxyl groups excluding tert-OH is 1. The third-order valence-electron chi connectivity index (χ3n) is 3.91. The molecule has 32 heavy (non-hydrogen) atoms. The van der Waals surface area contributed by atoms with E-state index in [0.717, 1.165) is 0 Å². The molecule has 0 aliphatic rings. The smallest absolute Gasteiger partial charge is 0.184 e. The molecule has 0 aromatic carbocycles. The first-order valence-electron chi connectivity index (χ1n) is 11.9. The highest BCUT2D eigenvalue weighted by molar-refractivity contribution is 6.71. The Bertz CT molecular complexity index is 543. The minimum atomic E-state index is -1.99. The average Bonchev–Trinajstić information content (AvgIpc) is 2.48. The molecule has 6 nitrogen and oxygen atoms in total. The van der Waals surface area contributed by atoms with E-state index in [1.807, 2.05) is 0 Å². The lowest BCUT2D eigenvalue weighted by molar-refractivity contribution is -0.0973. The Balaban J connectivity index is 6.48. The summed E-state index contributed by atoms with van der Waals surface area (Å²) >= 11 is 0. The van der Waals surface area contributed by atoms with Crippen LogP contribution in [0.3, 0.4) is 0 Å². The fourth-order valence-electron chi connectivity index (χ4n) is 3.17. The highest BCUT2D eigenvalue weighted by atomic mass is 28.4. The summed E-state index contributed by atoms with van der Waals surface area (Å²) in [6, 6.07) is 0. The first-order valence-corrected chi connectivity index (χ1v) is 28.9. The van der Waals surface area contributed by atoms with Crippen molar-refractivity contribution in [3.05, 3.63) is 0 Å². The van der Waals surface area contributed by atoms with E-state index < -0.39 is 53.8 Å². The van der Waals surface area contributed by atoms with E-state index in [0.29, 0.717) is 6.61 Å². The van der Waals surface area contributed by atoms with E-state index in [2.05, 4.69) is 98.2 Å². The van der Waals surface area contributed by atoms with Crippen molar-refractivity contribution in [2.75, 3.05) is 13.2 Å². The van der Waals surface area contributed by atoms with Gasteiger partial charge in [-0.3, -0.25) is 0 Å².